The molecule has 0 bridgehead atoms. The van der Waals surface area contributed by atoms with Crippen LogP contribution in [0, 0.1) is 13.7 Å². The van der Waals surface area contributed by atoms with Gasteiger partial charge >= 0.3 is 0 Å². The highest BCUT2D eigenvalue weighted by molar-refractivity contribution is 14.1. The quantitative estimate of drug-likeness (QED) is 0.505. The zero-order valence-electron chi connectivity index (χ0n) is 9.39. The van der Waals surface area contributed by atoms with E-state index in [0.29, 0.717) is 10.1 Å². The van der Waals surface area contributed by atoms with Crippen LogP contribution >= 0.6 is 22.6 Å². The number of halogens is 1. The SMILES string of the molecule is CC1(O)CCN(c2ccc([N+](=O)[O-])c(I)c2)C1. The van der Waals surface area contributed by atoms with E-state index in [4.69, 9.17) is 0 Å². The minimum absolute atomic E-state index is 0.125. The van der Waals surface area contributed by atoms with Gasteiger partial charge in [0, 0.05) is 24.8 Å². The predicted molar refractivity (Wildman–Crippen MR) is 73.3 cm³/mol. The average Bonchev–Trinajstić information content (AvgIpc) is 2.58. The number of β-amino-alcohol motifs (C(OH)–C–C–N with tert-alkyl or cyclic N) is 1. The summed E-state index contributed by atoms with van der Waals surface area (Å²) in [6, 6.07) is 5.05. The first-order chi connectivity index (χ1) is 7.89. The fraction of sp³-hybridized carbons (Fsp3) is 0.455. The fourth-order valence-corrected chi connectivity index (χ4v) is 2.70. The number of anilines is 1. The Labute approximate surface area is 113 Å². The zero-order valence-corrected chi connectivity index (χ0v) is 11.5. The number of hydrogen-bond acceptors (Lipinski definition) is 4. The second-order valence-electron chi connectivity index (χ2n) is 4.56. The molecule has 17 heavy (non-hydrogen) atoms. The van der Waals surface area contributed by atoms with Gasteiger partial charge in [0.25, 0.3) is 5.69 Å². The first kappa shape index (κ1) is 12.6. The Bertz CT molecular complexity index is 462. The first-order valence-electron chi connectivity index (χ1n) is 5.30. The van der Waals surface area contributed by atoms with Crippen LogP contribution in [0.2, 0.25) is 0 Å². The van der Waals surface area contributed by atoms with Gasteiger partial charge in [0.2, 0.25) is 0 Å². The molecule has 6 heteroatoms. The standard InChI is InChI=1S/C11H13IN2O3/c1-11(15)4-5-13(7-11)8-2-3-10(14(16)17)9(12)6-8/h2-3,6,15H,4-5,7H2,1H3. The molecule has 1 unspecified atom stereocenters. The molecule has 1 aromatic rings. The van der Waals surface area contributed by atoms with Crippen LogP contribution in [-0.4, -0.2) is 28.7 Å². The maximum atomic E-state index is 10.7. The summed E-state index contributed by atoms with van der Waals surface area (Å²) in [7, 11) is 0. The van der Waals surface area contributed by atoms with Crippen LogP contribution in [0.3, 0.4) is 0 Å². The molecular weight excluding hydrogens is 335 g/mol. The third kappa shape index (κ3) is 2.68. The van der Waals surface area contributed by atoms with Gasteiger partial charge < -0.3 is 10.0 Å². The van der Waals surface area contributed by atoms with Crippen LogP contribution in [-0.2, 0) is 0 Å². The molecule has 1 aliphatic rings. The molecule has 92 valence electrons. The highest BCUT2D eigenvalue weighted by Crippen LogP contribution is 2.30. The normalized spacial score (nSPS) is 24.1. The summed E-state index contributed by atoms with van der Waals surface area (Å²) < 4.78 is 0.622. The van der Waals surface area contributed by atoms with Gasteiger partial charge in [-0.05, 0) is 48.1 Å². The predicted octanol–water partition coefficient (Wildman–Crippen LogP) is 2.16. The fourth-order valence-electron chi connectivity index (χ4n) is 2.01. The van der Waals surface area contributed by atoms with Crippen molar-refractivity contribution in [2.24, 2.45) is 0 Å². The molecule has 0 spiro atoms. The van der Waals surface area contributed by atoms with Crippen molar-refractivity contribution in [3.63, 3.8) is 0 Å². The number of aliphatic hydroxyl groups is 1. The Kier molecular flexibility index (Phi) is 3.26. The van der Waals surface area contributed by atoms with Crippen LogP contribution in [0.1, 0.15) is 13.3 Å². The minimum atomic E-state index is -0.660. The Hall–Kier alpha value is -0.890. The van der Waals surface area contributed by atoms with E-state index >= 15 is 0 Å². The van der Waals surface area contributed by atoms with E-state index in [9.17, 15) is 15.2 Å². The maximum absolute atomic E-state index is 10.7. The molecule has 0 aromatic heterocycles. The molecule has 1 heterocycles. The second kappa shape index (κ2) is 4.41. The van der Waals surface area contributed by atoms with Gasteiger partial charge in [-0.1, -0.05) is 0 Å². The van der Waals surface area contributed by atoms with E-state index in [-0.39, 0.29) is 10.6 Å². The van der Waals surface area contributed by atoms with Crippen LogP contribution in [0.4, 0.5) is 11.4 Å². The number of nitro groups is 1. The number of rotatable bonds is 2. The van der Waals surface area contributed by atoms with Crippen molar-refractivity contribution in [1.29, 1.82) is 0 Å². The molecule has 0 radical (unpaired) electrons. The molecule has 1 aromatic carbocycles. The summed E-state index contributed by atoms with van der Waals surface area (Å²) in [4.78, 5) is 12.4. The number of nitro benzene ring substituents is 1. The third-order valence-electron chi connectivity index (χ3n) is 2.94. The lowest BCUT2D eigenvalue weighted by Crippen LogP contribution is -2.29. The van der Waals surface area contributed by atoms with E-state index in [1.807, 2.05) is 34.4 Å². The maximum Gasteiger partial charge on any atom is 0.282 e. The van der Waals surface area contributed by atoms with E-state index in [2.05, 4.69) is 0 Å². The molecule has 1 N–H and O–H groups in total. The average molecular weight is 348 g/mol. The molecule has 1 atom stereocenters. The van der Waals surface area contributed by atoms with Crippen molar-refractivity contribution in [2.45, 2.75) is 18.9 Å². The van der Waals surface area contributed by atoms with Crippen molar-refractivity contribution in [1.82, 2.24) is 0 Å². The van der Waals surface area contributed by atoms with Gasteiger partial charge in [-0.3, -0.25) is 10.1 Å². The highest BCUT2D eigenvalue weighted by Gasteiger charge is 2.31. The van der Waals surface area contributed by atoms with E-state index in [1.165, 1.54) is 6.07 Å². The van der Waals surface area contributed by atoms with Crippen LogP contribution in [0.25, 0.3) is 0 Å². The van der Waals surface area contributed by atoms with E-state index < -0.39 is 5.60 Å². The monoisotopic (exact) mass is 348 g/mol. The van der Waals surface area contributed by atoms with Crippen molar-refractivity contribution < 1.29 is 10.0 Å². The lowest BCUT2D eigenvalue weighted by Gasteiger charge is -2.20. The molecule has 0 saturated carbocycles. The van der Waals surface area contributed by atoms with Gasteiger partial charge in [0.05, 0.1) is 14.1 Å². The van der Waals surface area contributed by atoms with Crippen molar-refractivity contribution in [2.75, 3.05) is 18.0 Å². The van der Waals surface area contributed by atoms with Crippen molar-refractivity contribution >= 4 is 34.0 Å². The van der Waals surface area contributed by atoms with E-state index in [1.54, 1.807) is 12.1 Å². The van der Waals surface area contributed by atoms with Crippen molar-refractivity contribution in [3.8, 4) is 0 Å². The van der Waals surface area contributed by atoms with Crippen LogP contribution in [0.15, 0.2) is 18.2 Å². The molecule has 1 saturated heterocycles. The molecular formula is C11H13IN2O3. The zero-order chi connectivity index (χ0) is 12.6. The molecule has 1 fully saturated rings. The summed E-state index contributed by atoms with van der Waals surface area (Å²) in [6.07, 6.45) is 0.723. The Morgan fingerprint density at radius 3 is 2.76 bits per heavy atom. The lowest BCUT2D eigenvalue weighted by atomic mass is 10.1. The third-order valence-corrected chi connectivity index (χ3v) is 3.81. The Morgan fingerprint density at radius 1 is 1.59 bits per heavy atom. The second-order valence-corrected chi connectivity index (χ2v) is 5.72. The molecule has 5 nitrogen and oxygen atoms in total. The summed E-state index contributed by atoms with van der Waals surface area (Å²) in [6.45, 7) is 3.16. The summed E-state index contributed by atoms with van der Waals surface area (Å²) >= 11 is 1.97. The van der Waals surface area contributed by atoms with Gasteiger partial charge in [-0.2, -0.15) is 0 Å². The number of nitrogens with zero attached hydrogens (tertiary/aromatic N) is 2. The molecule has 0 aliphatic carbocycles. The van der Waals surface area contributed by atoms with Gasteiger partial charge in [-0.25, -0.2) is 0 Å². The Morgan fingerprint density at radius 2 is 2.29 bits per heavy atom. The topological polar surface area (TPSA) is 66.6 Å². The molecule has 0 amide bonds. The van der Waals surface area contributed by atoms with E-state index in [0.717, 1.165) is 18.7 Å². The van der Waals surface area contributed by atoms with Crippen LogP contribution in [0.5, 0.6) is 0 Å². The summed E-state index contributed by atoms with van der Waals surface area (Å²) in [5.74, 6) is 0. The minimum Gasteiger partial charge on any atom is -0.388 e. The number of benzene rings is 1. The van der Waals surface area contributed by atoms with Gasteiger partial charge in [0.15, 0.2) is 0 Å². The molecule has 1 aliphatic heterocycles. The summed E-state index contributed by atoms with van der Waals surface area (Å²) in [5.41, 5.74) is 0.394. The van der Waals surface area contributed by atoms with Gasteiger partial charge in [-0.15, -0.1) is 0 Å². The highest BCUT2D eigenvalue weighted by atomic mass is 127. The van der Waals surface area contributed by atoms with Gasteiger partial charge in [0.1, 0.15) is 0 Å². The largest absolute Gasteiger partial charge is 0.388 e. The van der Waals surface area contributed by atoms with Crippen LogP contribution < -0.4 is 4.90 Å². The first-order valence-corrected chi connectivity index (χ1v) is 6.38. The summed E-state index contributed by atoms with van der Waals surface area (Å²) in [5, 5.41) is 20.6. The van der Waals surface area contributed by atoms with Crippen molar-refractivity contribution in [3.05, 3.63) is 31.9 Å². The number of hydrogen-bond donors (Lipinski definition) is 1. The lowest BCUT2D eigenvalue weighted by molar-refractivity contribution is -0.385. The Balaban J connectivity index is 2.24. The smallest absolute Gasteiger partial charge is 0.282 e. The molecule has 2 rings (SSSR count).